The third-order valence-corrected chi connectivity index (χ3v) is 3.34. The molecular weight excluding hydrogens is 266 g/mol. The molecule has 1 atom stereocenters. The summed E-state index contributed by atoms with van der Waals surface area (Å²) in [5, 5.41) is 16.7. The first-order valence-corrected chi connectivity index (χ1v) is 7.15. The van der Waals surface area contributed by atoms with Gasteiger partial charge in [-0.1, -0.05) is 31.9 Å². The molecule has 5 nitrogen and oxygen atoms in total. The van der Waals surface area contributed by atoms with Gasteiger partial charge in [-0.3, -0.25) is 4.79 Å². The summed E-state index contributed by atoms with van der Waals surface area (Å²) >= 11 is 6.03. The Bertz CT molecular complexity index is 448. The smallest absolute Gasteiger partial charge is 0.287 e. The summed E-state index contributed by atoms with van der Waals surface area (Å²) in [6.07, 6.45) is 4.47. The minimum atomic E-state index is -0.329. The topological polar surface area (TPSA) is 67.2 Å². The molecule has 0 aromatic carbocycles. The molecule has 2 N–H and O–H groups in total. The SMILES string of the molecule is CCCCn1ncc(NCCC(O)CC)c(Cl)c1=O. The standard InChI is InChI=1S/C13H22ClN3O2/c1-3-5-8-17-13(19)12(14)11(9-16-17)15-7-6-10(18)4-2/h9-10,15,18H,3-8H2,1-2H3. The highest BCUT2D eigenvalue weighted by Crippen LogP contribution is 2.15. The maximum atomic E-state index is 11.9. The lowest BCUT2D eigenvalue weighted by Gasteiger charge is -2.11. The molecule has 0 radical (unpaired) electrons. The lowest BCUT2D eigenvalue weighted by atomic mass is 10.2. The normalized spacial score (nSPS) is 12.4. The fraction of sp³-hybridized carbons (Fsp3) is 0.692. The van der Waals surface area contributed by atoms with Crippen molar-refractivity contribution in [1.82, 2.24) is 9.78 Å². The van der Waals surface area contributed by atoms with Gasteiger partial charge in [0.1, 0.15) is 5.02 Å². The average Bonchev–Trinajstić information content (AvgIpc) is 2.42. The number of aliphatic hydroxyl groups excluding tert-OH is 1. The summed E-state index contributed by atoms with van der Waals surface area (Å²) < 4.78 is 1.39. The average molecular weight is 288 g/mol. The number of hydrogen-bond donors (Lipinski definition) is 2. The van der Waals surface area contributed by atoms with Crippen LogP contribution in [0, 0.1) is 0 Å². The van der Waals surface area contributed by atoms with E-state index >= 15 is 0 Å². The highest BCUT2D eigenvalue weighted by atomic mass is 35.5. The van der Waals surface area contributed by atoms with Gasteiger partial charge in [0.15, 0.2) is 0 Å². The summed E-state index contributed by atoms with van der Waals surface area (Å²) in [6, 6.07) is 0. The van der Waals surface area contributed by atoms with Crippen LogP contribution in [0.2, 0.25) is 5.02 Å². The molecule has 0 saturated heterocycles. The number of aromatic nitrogens is 2. The summed E-state index contributed by atoms with van der Waals surface area (Å²) in [5.74, 6) is 0. The van der Waals surface area contributed by atoms with E-state index in [9.17, 15) is 9.90 Å². The molecule has 0 aliphatic carbocycles. The van der Waals surface area contributed by atoms with E-state index in [0.717, 1.165) is 12.8 Å². The van der Waals surface area contributed by atoms with Crippen LogP contribution in [-0.2, 0) is 6.54 Å². The number of aryl methyl sites for hydroxylation is 1. The van der Waals surface area contributed by atoms with Crippen molar-refractivity contribution < 1.29 is 5.11 Å². The lowest BCUT2D eigenvalue weighted by molar-refractivity contribution is 0.164. The second kappa shape index (κ2) is 8.17. The number of unbranched alkanes of at least 4 members (excludes halogenated alkanes) is 1. The molecule has 6 heteroatoms. The monoisotopic (exact) mass is 287 g/mol. The number of nitrogens with zero attached hydrogens (tertiary/aromatic N) is 2. The van der Waals surface area contributed by atoms with Crippen molar-refractivity contribution in [2.45, 2.75) is 52.2 Å². The van der Waals surface area contributed by atoms with Crippen LogP contribution in [0.1, 0.15) is 39.5 Å². The molecular formula is C13H22ClN3O2. The van der Waals surface area contributed by atoms with Crippen molar-refractivity contribution in [1.29, 1.82) is 0 Å². The van der Waals surface area contributed by atoms with Crippen molar-refractivity contribution >= 4 is 17.3 Å². The Labute approximate surface area is 118 Å². The molecule has 0 amide bonds. The van der Waals surface area contributed by atoms with Gasteiger partial charge in [0.2, 0.25) is 0 Å². The number of hydrogen-bond acceptors (Lipinski definition) is 4. The van der Waals surface area contributed by atoms with Gasteiger partial charge in [-0.05, 0) is 19.3 Å². The van der Waals surface area contributed by atoms with E-state index in [-0.39, 0.29) is 16.7 Å². The summed E-state index contributed by atoms with van der Waals surface area (Å²) in [6.45, 7) is 5.13. The molecule has 19 heavy (non-hydrogen) atoms. The first kappa shape index (κ1) is 16.0. The largest absolute Gasteiger partial charge is 0.393 e. The summed E-state index contributed by atoms with van der Waals surface area (Å²) in [4.78, 5) is 11.9. The van der Waals surface area contributed by atoms with Crippen LogP contribution in [0.25, 0.3) is 0 Å². The maximum absolute atomic E-state index is 11.9. The fourth-order valence-corrected chi connectivity index (χ4v) is 1.85. The predicted molar refractivity (Wildman–Crippen MR) is 77.8 cm³/mol. The van der Waals surface area contributed by atoms with Gasteiger partial charge in [0.25, 0.3) is 5.56 Å². The van der Waals surface area contributed by atoms with Crippen LogP contribution in [0.4, 0.5) is 5.69 Å². The minimum absolute atomic E-state index is 0.164. The van der Waals surface area contributed by atoms with Gasteiger partial charge in [0.05, 0.1) is 18.0 Å². The molecule has 0 saturated carbocycles. The van der Waals surface area contributed by atoms with Crippen LogP contribution < -0.4 is 10.9 Å². The fourth-order valence-electron chi connectivity index (χ4n) is 1.63. The summed E-state index contributed by atoms with van der Waals surface area (Å²) in [7, 11) is 0. The van der Waals surface area contributed by atoms with Gasteiger partial charge in [-0.25, -0.2) is 4.68 Å². The van der Waals surface area contributed by atoms with Crippen LogP contribution >= 0.6 is 11.6 Å². The summed E-state index contributed by atoms with van der Waals surface area (Å²) in [5.41, 5.74) is 0.263. The van der Waals surface area contributed by atoms with Crippen molar-refractivity contribution in [2.75, 3.05) is 11.9 Å². The molecule has 1 unspecified atom stereocenters. The van der Waals surface area contributed by atoms with Crippen LogP contribution in [0.15, 0.2) is 11.0 Å². The molecule has 1 aromatic rings. The Morgan fingerprint density at radius 2 is 2.26 bits per heavy atom. The third-order valence-electron chi connectivity index (χ3n) is 2.97. The van der Waals surface area contributed by atoms with Gasteiger partial charge in [-0.15, -0.1) is 0 Å². The zero-order valence-electron chi connectivity index (χ0n) is 11.5. The number of aliphatic hydroxyl groups is 1. The lowest BCUT2D eigenvalue weighted by Crippen LogP contribution is -2.24. The highest BCUT2D eigenvalue weighted by molar-refractivity contribution is 6.32. The molecule has 0 spiro atoms. The number of rotatable bonds is 8. The Kier molecular flexibility index (Phi) is 6.87. The van der Waals surface area contributed by atoms with Crippen molar-refractivity contribution in [2.24, 2.45) is 0 Å². The van der Waals surface area contributed by atoms with E-state index in [1.165, 1.54) is 4.68 Å². The quantitative estimate of drug-likeness (QED) is 0.770. The van der Waals surface area contributed by atoms with Crippen molar-refractivity contribution in [3.8, 4) is 0 Å². The maximum Gasteiger partial charge on any atom is 0.287 e. The first-order chi connectivity index (χ1) is 9.10. The van der Waals surface area contributed by atoms with Gasteiger partial charge in [-0.2, -0.15) is 5.10 Å². The Hall–Kier alpha value is -1.07. The third kappa shape index (κ3) is 4.84. The Morgan fingerprint density at radius 3 is 2.89 bits per heavy atom. The molecule has 1 rings (SSSR count). The Balaban J connectivity index is 2.65. The molecule has 1 heterocycles. The number of nitrogens with one attached hydrogen (secondary N) is 1. The van der Waals surface area contributed by atoms with Crippen LogP contribution in [0.3, 0.4) is 0 Å². The van der Waals surface area contributed by atoms with E-state index in [1.807, 2.05) is 6.92 Å². The van der Waals surface area contributed by atoms with E-state index in [0.29, 0.717) is 31.6 Å². The Morgan fingerprint density at radius 1 is 1.53 bits per heavy atom. The molecule has 108 valence electrons. The zero-order valence-corrected chi connectivity index (χ0v) is 12.3. The minimum Gasteiger partial charge on any atom is -0.393 e. The van der Waals surface area contributed by atoms with E-state index in [1.54, 1.807) is 6.20 Å². The van der Waals surface area contributed by atoms with Crippen LogP contribution in [0.5, 0.6) is 0 Å². The first-order valence-electron chi connectivity index (χ1n) is 6.77. The van der Waals surface area contributed by atoms with Crippen molar-refractivity contribution in [3.05, 3.63) is 21.6 Å². The van der Waals surface area contributed by atoms with Crippen LogP contribution in [-0.4, -0.2) is 27.5 Å². The molecule has 0 aliphatic heterocycles. The van der Waals surface area contributed by atoms with Crippen molar-refractivity contribution in [3.63, 3.8) is 0 Å². The highest BCUT2D eigenvalue weighted by Gasteiger charge is 2.09. The number of anilines is 1. The molecule has 1 aromatic heterocycles. The predicted octanol–water partition coefficient (Wildman–Crippen LogP) is 2.27. The molecule has 0 bridgehead atoms. The molecule has 0 aliphatic rings. The second-order valence-electron chi connectivity index (χ2n) is 4.53. The zero-order chi connectivity index (χ0) is 14.3. The number of halogens is 1. The molecule has 0 fully saturated rings. The van der Waals surface area contributed by atoms with E-state index in [2.05, 4.69) is 17.3 Å². The van der Waals surface area contributed by atoms with Gasteiger partial charge in [0, 0.05) is 13.1 Å². The van der Waals surface area contributed by atoms with E-state index in [4.69, 9.17) is 11.6 Å². The van der Waals surface area contributed by atoms with E-state index < -0.39 is 0 Å². The second-order valence-corrected chi connectivity index (χ2v) is 4.91. The van der Waals surface area contributed by atoms with Gasteiger partial charge >= 0.3 is 0 Å². The van der Waals surface area contributed by atoms with Gasteiger partial charge < -0.3 is 10.4 Å².